The van der Waals surface area contributed by atoms with Crippen LogP contribution in [0.2, 0.25) is 0 Å². The highest BCUT2D eigenvalue weighted by Gasteiger charge is 2.32. The maximum absolute atomic E-state index is 12.7. The molecule has 0 aromatic heterocycles. The molecule has 0 saturated carbocycles. The van der Waals surface area contributed by atoms with Crippen molar-refractivity contribution in [1.82, 2.24) is 0 Å². The van der Waals surface area contributed by atoms with Gasteiger partial charge in [0.1, 0.15) is 11.2 Å². The molecule has 210 valence electrons. The number of benzene rings is 2. The number of hydrogen-bond acceptors (Lipinski definition) is 8. The number of hydrogen-bond donors (Lipinski definition) is 0. The molecule has 2 atom stereocenters. The molecule has 2 unspecified atom stereocenters. The molecular weight excluding hydrogens is 488 g/mol. The Bertz CT molecular complexity index is 904. The fraction of sp³-hybridized carbons (Fsp3) is 0.533. The van der Waals surface area contributed by atoms with Crippen LogP contribution in [0.15, 0.2) is 60.7 Å². The van der Waals surface area contributed by atoms with Gasteiger partial charge in [0.2, 0.25) is 0 Å². The standard InChI is InChI=1S/C30H42O8/c1-21(2)25(27(31)35-37-29(5,6)23-15-11-9-12-16-23)33-19-20-34-26(22(3)4)28(32)36-38-30(7,8)24-17-13-10-14-18-24/h9-18,21-22,25-26H,19-20H2,1-8H3. The molecule has 0 aliphatic carbocycles. The van der Waals surface area contributed by atoms with Crippen molar-refractivity contribution in [2.45, 2.75) is 78.8 Å². The molecule has 0 N–H and O–H groups in total. The monoisotopic (exact) mass is 530 g/mol. The largest absolute Gasteiger partial charge is 0.371 e. The molecule has 8 heteroatoms. The summed E-state index contributed by atoms with van der Waals surface area (Å²) in [6.45, 7) is 14.7. The lowest BCUT2D eigenvalue weighted by molar-refractivity contribution is -0.336. The van der Waals surface area contributed by atoms with Gasteiger partial charge >= 0.3 is 11.9 Å². The summed E-state index contributed by atoms with van der Waals surface area (Å²) >= 11 is 0. The molecule has 0 fully saturated rings. The van der Waals surface area contributed by atoms with Gasteiger partial charge in [0.25, 0.3) is 0 Å². The van der Waals surface area contributed by atoms with Gasteiger partial charge in [0.15, 0.2) is 12.2 Å². The van der Waals surface area contributed by atoms with Crippen molar-refractivity contribution in [2.24, 2.45) is 11.8 Å². The fourth-order valence-corrected chi connectivity index (χ4v) is 3.58. The first-order valence-electron chi connectivity index (χ1n) is 13.0. The highest BCUT2D eigenvalue weighted by atomic mass is 17.2. The van der Waals surface area contributed by atoms with E-state index in [9.17, 15) is 9.59 Å². The summed E-state index contributed by atoms with van der Waals surface area (Å²) < 4.78 is 11.5. The SMILES string of the molecule is CC(C)C(OCCOC(C(=O)OOC(C)(C)c1ccccc1)C(C)C)C(=O)OOC(C)(C)c1ccccc1. The molecule has 0 radical (unpaired) electrons. The summed E-state index contributed by atoms with van der Waals surface area (Å²) in [4.78, 5) is 46.6. The maximum atomic E-state index is 12.7. The maximum Gasteiger partial charge on any atom is 0.371 e. The van der Waals surface area contributed by atoms with E-state index in [1.54, 1.807) is 0 Å². The van der Waals surface area contributed by atoms with Crippen molar-refractivity contribution in [3.8, 4) is 0 Å². The predicted octanol–water partition coefficient (Wildman–Crippen LogP) is 5.89. The van der Waals surface area contributed by atoms with Crippen LogP contribution in [0.5, 0.6) is 0 Å². The van der Waals surface area contributed by atoms with Crippen LogP contribution in [0, 0.1) is 11.8 Å². The van der Waals surface area contributed by atoms with E-state index < -0.39 is 35.3 Å². The quantitative estimate of drug-likeness (QED) is 0.160. The van der Waals surface area contributed by atoms with Crippen LogP contribution in [0.25, 0.3) is 0 Å². The third kappa shape index (κ3) is 9.51. The van der Waals surface area contributed by atoms with Crippen LogP contribution < -0.4 is 0 Å². The van der Waals surface area contributed by atoms with Gasteiger partial charge < -0.3 is 9.47 Å². The Labute approximate surface area is 226 Å². The Kier molecular flexibility index (Phi) is 11.9. The van der Waals surface area contributed by atoms with Gasteiger partial charge in [-0.2, -0.15) is 9.78 Å². The molecule has 0 saturated heterocycles. The number of carbonyl (C=O) groups is 2. The molecule has 2 aromatic carbocycles. The zero-order chi connectivity index (χ0) is 28.3. The smallest absolute Gasteiger partial charge is 0.364 e. The second-order valence-electron chi connectivity index (χ2n) is 10.8. The molecule has 0 aliphatic heterocycles. The highest BCUT2D eigenvalue weighted by molar-refractivity contribution is 5.74. The van der Waals surface area contributed by atoms with Crippen molar-refractivity contribution in [3.05, 3.63) is 71.8 Å². The van der Waals surface area contributed by atoms with E-state index in [2.05, 4.69) is 0 Å². The molecule has 0 spiro atoms. The van der Waals surface area contributed by atoms with Gasteiger partial charge in [-0.3, -0.25) is 9.78 Å². The molecule has 2 aromatic rings. The summed E-state index contributed by atoms with van der Waals surface area (Å²) in [6.07, 6.45) is -1.74. The predicted molar refractivity (Wildman–Crippen MR) is 142 cm³/mol. The number of carbonyl (C=O) groups excluding carboxylic acids is 2. The Morgan fingerprint density at radius 3 is 1.21 bits per heavy atom. The first-order valence-corrected chi connectivity index (χ1v) is 13.0. The van der Waals surface area contributed by atoms with E-state index in [4.69, 9.17) is 29.0 Å². The van der Waals surface area contributed by atoms with Crippen molar-refractivity contribution < 1.29 is 38.6 Å². The molecule has 38 heavy (non-hydrogen) atoms. The van der Waals surface area contributed by atoms with E-state index in [-0.39, 0.29) is 25.0 Å². The Morgan fingerprint density at radius 1 is 0.605 bits per heavy atom. The number of rotatable bonds is 15. The van der Waals surface area contributed by atoms with Gasteiger partial charge in [-0.1, -0.05) is 88.4 Å². The fourth-order valence-electron chi connectivity index (χ4n) is 3.58. The van der Waals surface area contributed by atoms with Gasteiger partial charge in [-0.25, -0.2) is 9.59 Å². The first-order chi connectivity index (χ1) is 17.8. The minimum Gasteiger partial charge on any atom is -0.364 e. The normalized spacial score (nSPS) is 13.8. The summed E-state index contributed by atoms with van der Waals surface area (Å²) in [5.41, 5.74) is 0.0737. The Balaban J connectivity index is 1.84. The minimum atomic E-state index is -0.871. The molecule has 0 heterocycles. The third-order valence-corrected chi connectivity index (χ3v) is 5.96. The van der Waals surface area contributed by atoms with Crippen LogP contribution in [-0.4, -0.2) is 37.4 Å². The van der Waals surface area contributed by atoms with Gasteiger partial charge in [-0.15, -0.1) is 0 Å². The van der Waals surface area contributed by atoms with Crippen molar-refractivity contribution in [3.63, 3.8) is 0 Å². The van der Waals surface area contributed by atoms with Crippen LogP contribution in [0.4, 0.5) is 0 Å². The highest BCUT2D eigenvalue weighted by Crippen LogP contribution is 2.26. The summed E-state index contributed by atoms with van der Waals surface area (Å²) in [5, 5.41) is 0. The molecule has 8 nitrogen and oxygen atoms in total. The van der Waals surface area contributed by atoms with Gasteiger partial charge in [-0.05, 0) is 50.7 Å². The van der Waals surface area contributed by atoms with E-state index in [0.29, 0.717) is 0 Å². The topological polar surface area (TPSA) is 89.5 Å². The van der Waals surface area contributed by atoms with Crippen LogP contribution >= 0.6 is 0 Å². The summed E-state index contributed by atoms with van der Waals surface area (Å²) in [7, 11) is 0. The van der Waals surface area contributed by atoms with Crippen LogP contribution in [0.3, 0.4) is 0 Å². The second-order valence-corrected chi connectivity index (χ2v) is 10.8. The molecule has 0 aliphatic rings. The summed E-state index contributed by atoms with van der Waals surface area (Å²) in [5.74, 6) is -1.63. The van der Waals surface area contributed by atoms with Gasteiger partial charge in [0, 0.05) is 0 Å². The second kappa shape index (κ2) is 14.4. The van der Waals surface area contributed by atoms with E-state index in [1.807, 2.05) is 116 Å². The Hall–Kier alpha value is -2.78. The zero-order valence-corrected chi connectivity index (χ0v) is 23.8. The minimum absolute atomic E-state index is 0.0624. The lowest BCUT2D eigenvalue weighted by Gasteiger charge is -2.26. The first kappa shape index (κ1) is 31.4. The Morgan fingerprint density at radius 2 is 0.921 bits per heavy atom. The number of ether oxygens (including phenoxy) is 2. The third-order valence-electron chi connectivity index (χ3n) is 5.96. The van der Waals surface area contributed by atoms with Crippen LogP contribution in [0.1, 0.15) is 66.5 Å². The van der Waals surface area contributed by atoms with E-state index >= 15 is 0 Å². The lowest BCUT2D eigenvalue weighted by atomic mass is 9.99. The molecular formula is C30H42O8. The van der Waals surface area contributed by atoms with Crippen LogP contribution in [-0.2, 0) is 49.8 Å². The molecule has 0 amide bonds. The van der Waals surface area contributed by atoms with Crippen molar-refractivity contribution in [2.75, 3.05) is 13.2 Å². The molecule has 2 rings (SSSR count). The summed E-state index contributed by atoms with van der Waals surface area (Å²) in [6, 6.07) is 18.9. The van der Waals surface area contributed by atoms with E-state index in [1.165, 1.54) is 0 Å². The average molecular weight is 531 g/mol. The lowest BCUT2D eigenvalue weighted by Crippen LogP contribution is -2.37. The molecule has 0 bridgehead atoms. The zero-order valence-electron chi connectivity index (χ0n) is 23.8. The average Bonchev–Trinajstić information content (AvgIpc) is 2.88. The van der Waals surface area contributed by atoms with Crippen molar-refractivity contribution >= 4 is 11.9 Å². The van der Waals surface area contributed by atoms with Crippen molar-refractivity contribution in [1.29, 1.82) is 0 Å². The van der Waals surface area contributed by atoms with Gasteiger partial charge in [0.05, 0.1) is 13.2 Å². The van der Waals surface area contributed by atoms with E-state index in [0.717, 1.165) is 11.1 Å².